The van der Waals surface area contributed by atoms with Crippen LogP contribution in [0.15, 0.2) is 48.1 Å². The minimum absolute atomic E-state index is 0.0219. The van der Waals surface area contributed by atoms with E-state index in [0.717, 1.165) is 48.6 Å². The summed E-state index contributed by atoms with van der Waals surface area (Å²) in [4.78, 5) is 19.0. The van der Waals surface area contributed by atoms with Crippen molar-refractivity contribution in [3.8, 4) is 10.6 Å². The van der Waals surface area contributed by atoms with E-state index >= 15 is 0 Å². The lowest BCUT2D eigenvalue weighted by molar-refractivity contribution is 0.169. The second kappa shape index (κ2) is 8.56. The minimum Gasteiger partial charge on any atom is -0.338 e. The smallest absolute Gasteiger partial charge is 0.317 e. The summed E-state index contributed by atoms with van der Waals surface area (Å²) in [5.74, 6) is 0. The standard InChI is InChI=1S/C21H25N5OS/c1-16-13-23-26(14-16)19-8-11-25(12-9-19)21(27)22-10-7-18-15-28-20(24-18)17-5-3-2-4-6-17/h2-6,13-15,19H,7-12H2,1H3,(H,22,27). The van der Waals surface area contributed by atoms with Gasteiger partial charge in [0.2, 0.25) is 0 Å². The summed E-state index contributed by atoms with van der Waals surface area (Å²) in [5, 5.41) is 10.5. The second-order valence-corrected chi connectivity index (χ2v) is 8.07. The number of benzene rings is 1. The number of nitrogens with one attached hydrogen (secondary N) is 1. The number of aromatic nitrogens is 3. The predicted octanol–water partition coefficient (Wildman–Crippen LogP) is 3.90. The van der Waals surface area contributed by atoms with Gasteiger partial charge in [0.1, 0.15) is 5.01 Å². The zero-order valence-electron chi connectivity index (χ0n) is 16.0. The van der Waals surface area contributed by atoms with Crippen molar-refractivity contribution in [1.82, 2.24) is 25.0 Å². The quantitative estimate of drug-likeness (QED) is 0.713. The first kappa shape index (κ1) is 18.7. The van der Waals surface area contributed by atoms with Crippen LogP contribution in [0.2, 0.25) is 0 Å². The number of piperidine rings is 1. The molecule has 7 heteroatoms. The molecule has 1 saturated heterocycles. The molecule has 1 fully saturated rings. The van der Waals surface area contributed by atoms with Gasteiger partial charge in [-0.25, -0.2) is 9.78 Å². The molecule has 0 unspecified atom stereocenters. The third-order valence-corrected chi connectivity index (χ3v) is 6.03. The minimum atomic E-state index is 0.0219. The molecule has 4 rings (SSSR count). The van der Waals surface area contributed by atoms with Gasteiger partial charge < -0.3 is 10.2 Å². The number of urea groups is 1. The van der Waals surface area contributed by atoms with Gasteiger partial charge >= 0.3 is 6.03 Å². The molecule has 0 spiro atoms. The van der Waals surface area contributed by atoms with Crippen LogP contribution in [-0.2, 0) is 6.42 Å². The number of nitrogens with zero attached hydrogens (tertiary/aromatic N) is 4. The molecule has 0 atom stereocenters. The third-order valence-electron chi connectivity index (χ3n) is 5.09. The molecular weight excluding hydrogens is 370 g/mol. The topological polar surface area (TPSA) is 63.1 Å². The summed E-state index contributed by atoms with van der Waals surface area (Å²) < 4.78 is 2.04. The van der Waals surface area contributed by atoms with E-state index in [4.69, 9.17) is 0 Å². The average Bonchev–Trinajstić information content (AvgIpc) is 3.38. The summed E-state index contributed by atoms with van der Waals surface area (Å²) >= 11 is 1.65. The fourth-order valence-corrected chi connectivity index (χ4v) is 4.37. The number of hydrogen-bond donors (Lipinski definition) is 1. The van der Waals surface area contributed by atoms with Gasteiger partial charge in [0.15, 0.2) is 0 Å². The fourth-order valence-electron chi connectivity index (χ4n) is 3.51. The lowest BCUT2D eigenvalue weighted by atomic mass is 10.1. The third kappa shape index (κ3) is 4.42. The van der Waals surface area contributed by atoms with Crippen LogP contribution >= 0.6 is 11.3 Å². The van der Waals surface area contributed by atoms with Gasteiger partial charge in [-0.3, -0.25) is 4.68 Å². The number of hydrogen-bond acceptors (Lipinski definition) is 4. The lowest BCUT2D eigenvalue weighted by Crippen LogP contribution is -2.45. The van der Waals surface area contributed by atoms with E-state index in [0.29, 0.717) is 12.6 Å². The molecule has 3 aromatic rings. The van der Waals surface area contributed by atoms with E-state index in [1.807, 2.05) is 34.0 Å². The number of carbonyl (C=O) groups is 1. The van der Waals surface area contributed by atoms with E-state index in [-0.39, 0.29) is 6.03 Å². The van der Waals surface area contributed by atoms with Crippen LogP contribution in [0.1, 0.15) is 30.1 Å². The van der Waals surface area contributed by atoms with E-state index in [9.17, 15) is 4.79 Å². The highest BCUT2D eigenvalue weighted by Crippen LogP contribution is 2.24. The first-order chi connectivity index (χ1) is 13.7. The Morgan fingerprint density at radius 2 is 2.04 bits per heavy atom. The highest BCUT2D eigenvalue weighted by molar-refractivity contribution is 7.13. The second-order valence-electron chi connectivity index (χ2n) is 7.21. The number of carbonyl (C=O) groups excluding carboxylic acids is 1. The molecule has 3 heterocycles. The number of rotatable bonds is 5. The van der Waals surface area contributed by atoms with Crippen molar-refractivity contribution in [3.63, 3.8) is 0 Å². The van der Waals surface area contributed by atoms with Crippen LogP contribution in [0, 0.1) is 6.92 Å². The molecular formula is C21H25N5OS. The van der Waals surface area contributed by atoms with E-state index in [2.05, 4.69) is 46.0 Å². The van der Waals surface area contributed by atoms with Gasteiger partial charge in [-0.05, 0) is 25.3 Å². The number of aryl methyl sites for hydroxylation is 1. The zero-order valence-corrected chi connectivity index (χ0v) is 16.9. The van der Waals surface area contributed by atoms with Gasteiger partial charge in [0.25, 0.3) is 0 Å². The number of likely N-dealkylation sites (tertiary alicyclic amines) is 1. The molecule has 0 bridgehead atoms. The van der Waals surface area contributed by atoms with Crippen LogP contribution in [0.5, 0.6) is 0 Å². The molecule has 1 aromatic carbocycles. The summed E-state index contributed by atoms with van der Waals surface area (Å²) in [6.45, 7) is 4.20. The maximum Gasteiger partial charge on any atom is 0.317 e. The summed E-state index contributed by atoms with van der Waals surface area (Å²) in [5.41, 5.74) is 3.34. The highest BCUT2D eigenvalue weighted by atomic mass is 32.1. The maximum atomic E-state index is 12.4. The Morgan fingerprint density at radius 3 is 2.75 bits per heavy atom. The first-order valence-electron chi connectivity index (χ1n) is 9.72. The Kier molecular flexibility index (Phi) is 5.71. The fraction of sp³-hybridized carbons (Fsp3) is 0.381. The summed E-state index contributed by atoms with van der Waals surface area (Å²) in [7, 11) is 0. The monoisotopic (exact) mass is 395 g/mol. The van der Waals surface area contributed by atoms with Gasteiger partial charge in [-0.1, -0.05) is 30.3 Å². The number of thiazole rings is 1. The van der Waals surface area contributed by atoms with E-state index in [1.165, 1.54) is 5.56 Å². The van der Waals surface area contributed by atoms with E-state index < -0.39 is 0 Å². The molecule has 2 amide bonds. The van der Waals surface area contributed by atoms with Gasteiger partial charge in [-0.2, -0.15) is 5.10 Å². The Hall–Kier alpha value is -2.67. The lowest BCUT2D eigenvalue weighted by Gasteiger charge is -2.32. The van der Waals surface area contributed by atoms with Gasteiger partial charge in [0, 0.05) is 43.2 Å². The van der Waals surface area contributed by atoms with Crippen molar-refractivity contribution in [3.05, 3.63) is 59.4 Å². The van der Waals surface area contributed by atoms with Crippen molar-refractivity contribution in [2.45, 2.75) is 32.2 Å². The van der Waals surface area contributed by atoms with Crippen LogP contribution in [-0.4, -0.2) is 45.3 Å². The van der Waals surface area contributed by atoms with Crippen LogP contribution in [0.25, 0.3) is 10.6 Å². The normalized spacial score (nSPS) is 15.0. The molecule has 146 valence electrons. The maximum absolute atomic E-state index is 12.4. The van der Waals surface area contributed by atoms with Crippen molar-refractivity contribution in [2.75, 3.05) is 19.6 Å². The molecule has 0 aliphatic carbocycles. The predicted molar refractivity (Wildman–Crippen MR) is 111 cm³/mol. The molecule has 1 N–H and O–H groups in total. The summed E-state index contributed by atoms with van der Waals surface area (Å²) in [6, 6.07) is 10.6. The van der Waals surface area contributed by atoms with Gasteiger partial charge in [-0.15, -0.1) is 11.3 Å². The van der Waals surface area contributed by atoms with Crippen molar-refractivity contribution in [1.29, 1.82) is 0 Å². The van der Waals surface area contributed by atoms with Crippen LogP contribution < -0.4 is 5.32 Å². The van der Waals surface area contributed by atoms with Crippen LogP contribution in [0.4, 0.5) is 4.79 Å². The molecule has 2 aromatic heterocycles. The first-order valence-corrected chi connectivity index (χ1v) is 10.6. The Labute approximate surface area is 169 Å². The van der Waals surface area contributed by atoms with Crippen molar-refractivity contribution < 1.29 is 4.79 Å². The van der Waals surface area contributed by atoms with E-state index in [1.54, 1.807) is 11.3 Å². The molecule has 1 aliphatic heterocycles. The zero-order chi connectivity index (χ0) is 19.3. The Balaban J connectivity index is 1.22. The molecule has 6 nitrogen and oxygen atoms in total. The molecule has 0 saturated carbocycles. The molecule has 1 aliphatic rings. The molecule has 0 radical (unpaired) electrons. The SMILES string of the molecule is Cc1cnn(C2CCN(C(=O)NCCc3csc(-c4ccccc4)n3)CC2)c1. The molecule has 28 heavy (non-hydrogen) atoms. The van der Waals surface area contributed by atoms with Crippen LogP contribution in [0.3, 0.4) is 0 Å². The largest absolute Gasteiger partial charge is 0.338 e. The highest BCUT2D eigenvalue weighted by Gasteiger charge is 2.24. The summed E-state index contributed by atoms with van der Waals surface area (Å²) in [6.07, 6.45) is 6.61. The van der Waals surface area contributed by atoms with Crippen molar-refractivity contribution in [2.24, 2.45) is 0 Å². The number of amides is 2. The Bertz CT molecular complexity index is 912. The van der Waals surface area contributed by atoms with Crippen molar-refractivity contribution >= 4 is 17.4 Å². The average molecular weight is 396 g/mol. The Morgan fingerprint density at radius 1 is 1.25 bits per heavy atom. The van der Waals surface area contributed by atoms with Gasteiger partial charge in [0.05, 0.1) is 17.9 Å².